The number of pyridine rings is 1. The van der Waals surface area contributed by atoms with Crippen LogP contribution in [-0.4, -0.2) is 51.1 Å². The normalized spacial score (nSPS) is 14.4. The SMILES string of the molecule is CNC(=O)c1ccc(NCC#Cc2nc3c(N[C@H]4CCn5cncc54)cccn3c2SC(F)(F)F)c(OC)c1. The van der Waals surface area contributed by atoms with Crippen molar-refractivity contribution < 1.29 is 22.7 Å². The van der Waals surface area contributed by atoms with E-state index >= 15 is 0 Å². The highest BCUT2D eigenvalue weighted by Crippen LogP contribution is 2.40. The van der Waals surface area contributed by atoms with Gasteiger partial charge in [-0.3, -0.25) is 9.20 Å². The number of anilines is 2. The summed E-state index contributed by atoms with van der Waals surface area (Å²) in [5.74, 6) is 5.82. The number of halogens is 3. The zero-order chi connectivity index (χ0) is 27.6. The summed E-state index contributed by atoms with van der Waals surface area (Å²) in [6.45, 7) is 0.916. The summed E-state index contributed by atoms with van der Waals surface area (Å²) in [5.41, 5.74) is -1.52. The second kappa shape index (κ2) is 10.8. The second-order valence-corrected chi connectivity index (χ2v) is 9.63. The van der Waals surface area contributed by atoms with Crippen molar-refractivity contribution in [3.63, 3.8) is 0 Å². The third-order valence-electron chi connectivity index (χ3n) is 6.17. The molecular weight excluding hydrogens is 531 g/mol. The van der Waals surface area contributed by atoms with E-state index in [0.717, 1.165) is 18.7 Å². The summed E-state index contributed by atoms with van der Waals surface area (Å²) in [6.07, 6.45) is 5.92. The van der Waals surface area contributed by atoms with Crippen LogP contribution in [0.2, 0.25) is 0 Å². The van der Waals surface area contributed by atoms with Crippen LogP contribution < -0.4 is 20.7 Å². The first kappa shape index (κ1) is 26.3. The van der Waals surface area contributed by atoms with Crippen molar-refractivity contribution in [2.24, 2.45) is 0 Å². The Hall–Kier alpha value is -4.31. The molecule has 3 N–H and O–H groups in total. The van der Waals surface area contributed by atoms with Crippen molar-refractivity contribution in [3.8, 4) is 17.6 Å². The van der Waals surface area contributed by atoms with Crippen LogP contribution in [0.5, 0.6) is 5.75 Å². The summed E-state index contributed by atoms with van der Waals surface area (Å²) < 4.78 is 49.3. The second-order valence-electron chi connectivity index (χ2n) is 8.58. The Morgan fingerprint density at radius 1 is 1.28 bits per heavy atom. The van der Waals surface area contributed by atoms with Gasteiger partial charge in [0.25, 0.3) is 5.91 Å². The van der Waals surface area contributed by atoms with E-state index in [1.165, 1.54) is 18.6 Å². The van der Waals surface area contributed by atoms with Gasteiger partial charge in [0.15, 0.2) is 5.65 Å². The minimum absolute atomic E-state index is 0.0202. The predicted octanol–water partition coefficient (Wildman–Crippen LogP) is 4.53. The van der Waals surface area contributed by atoms with Crippen LogP contribution in [0, 0.1) is 11.8 Å². The topological polar surface area (TPSA) is 97.5 Å². The molecule has 0 bridgehead atoms. The van der Waals surface area contributed by atoms with E-state index in [0.29, 0.717) is 28.3 Å². The average molecular weight is 556 g/mol. The van der Waals surface area contributed by atoms with Crippen LogP contribution in [0.1, 0.15) is 34.2 Å². The number of aryl methyl sites for hydroxylation is 1. The number of thioether (sulfide) groups is 1. The molecule has 202 valence electrons. The molecule has 1 aliphatic heterocycles. The van der Waals surface area contributed by atoms with Gasteiger partial charge in [0, 0.05) is 37.1 Å². The Labute approximate surface area is 226 Å². The molecule has 1 amide bonds. The summed E-state index contributed by atoms with van der Waals surface area (Å²) in [5, 5.41) is 8.91. The number of ether oxygens (including phenoxy) is 1. The fraction of sp³-hybridized carbons (Fsp3) is 0.269. The molecule has 0 aliphatic carbocycles. The molecule has 0 fully saturated rings. The van der Waals surface area contributed by atoms with Crippen molar-refractivity contribution in [2.45, 2.75) is 29.5 Å². The number of fused-ring (bicyclic) bond motifs is 2. The Morgan fingerprint density at radius 2 is 2.13 bits per heavy atom. The molecule has 1 atom stereocenters. The van der Waals surface area contributed by atoms with Gasteiger partial charge in [-0.05, 0) is 42.7 Å². The van der Waals surface area contributed by atoms with E-state index in [1.54, 1.807) is 49.1 Å². The number of nitrogens with zero attached hydrogens (tertiary/aromatic N) is 4. The van der Waals surface area contributed by atoms with Gasteiger partial charge < -0.3 is 25.3 Å². The van der Waals surface area contributed by atoms with Crippen LogP contribution in [-0.2, 0) is 6.54 Å². The number of hydrogen-bond acceptors (Lipinski definition) is 7. The molecule has 0 radical (unpaired) electrons. The quantitative estimate of drug-likeness (QED) is 0.228. The summed E-state index contributed by atoms with van der Waals surface area (Å²) >= 11 is -0.250. The van der Waals surface area contributed by atoms with Gasteiger partial charge in [-0.25, -0.2) is 9.97 Å². The Kier molecular flexibility index (Phi) is 7.30. The molecule has 39 heavy (non-hydrogen) atoms. The third-order valence-corrected chi connectivity index (χ3v) is 6.99. The monoisotopic (exact) mass is 555 g/mol. The van der Waals surface area contributed by atoms with Crippen molar-refractivity contribution in [3.05, 3.63) is 66.0 Å². The Bertz CT molecular complexity index is 1590. The highest BCUT2D eigenvalue weighted by molar-refractivity contribution is 8.00. The smallest absolute Gasteiger partial charge is 0.447 e. The first-order chi connectivity index (χ1) is 18.8. The van der Waals surface area contributed by atoms with Gasteiger partial charge in [0.1, 0.15) is 16.5 Å². The van der Waals surface area contributed by atoms with E-state index < -0.39 is 5.51 Å². The number of methoxy groups -OCH3 is 1. The van der Waals surface area contributed by atoms with Crippen molar-refractivity contribution in [1.82, 2.24) is 24.3 Å². The lowest BCUT2D eigenvalue weighted by Gasteiger charge is -2.14. The molecule has 0 saturated carbocycles. The lowest BCUT2D eigenvalue weighted by atomic mass is 10.1. The van der Waals surface area contributed by atoms with E-state index in [2.05, 4.69) is 37.8 Å². The van der Waals surface area contributed by atoms with Crippen molar-refractivity contribution >= 4 is 34.7 Å². The summed E-state index contributed by atoms with van der Waals surface area (Å²) in [6, 6.07) is 8.32. The largest absolute Gasteiger partial charge is 0.495 e. The molecule has 0 spiro atoms. The van der Waals surface area contributed by atoms with E-state index in [9.17, 15) is 18.0 Å². The molecule has 0 unspecified atom stereocenters. The standard InChI is InChI=1S/C26H24F3N7O2S/c1-30-24(37)16-7-8-18(22(13-16)38-2)32-10-3-5-20-25(39-26(27,28)29)36-11-4-6-19(23(36)34-20)33-17-9-12-35-15-31-14-21(17)35/h4,6-8,11,13-15,17,32-33H,9-10,12H2,1-2H3,(H,30,37)/t17-/m0/s1. The van der Waals surface area contributed by atoms with Gasteiger partial charge in [-0.15, -0.1) is 0 Å². The number of benzene rings is 1. The number of carbonyl (C=O) groups excluding carboxylic acids is 1. The number of imidazole rings is 2. The van der Waals surface area contributed by atoms with Gasteiger partial charge in [-0.1, -0.05) is 5.92 Å². The maximum Gasteiger partial charge on any atom is 0.447 e. The minimum Gasteiger partial charge on any atom is -0.495 e. The molecule has 3 aromatic heterocycles. The molecule has 0 saturated heterocycles. The van der Waals surface area contributed by atoms with Crippen LogP contribution in [0.15, 0.2) is 54.1 Å². The van der Waals surface area contributed by atoms with Gasteiger partial charge in [-0.2, -0.15) is 13.2 Å². The van der Waals surface area contributed by atoms with Crippen LogP contribution in [0.25, 0.3) is 5.65 Å². The molecule has 9 nitrogen and oxygen atoms in total. The van der Waals surface area contributed by atoms with E-state index in [1.807, 2.05) is 4.57 Å². The zero-order valence-electron chi connectivity index (χ0n) is 21.0. The van der Waals surface area contributed by atoms with E-state index in [-0.39, 0.29) is 41.0 Å². The van der Waals surface area contributed by atoms with Gasteiger partial charge >= 0.3 is 5.51 Å². The molecular formula is C26H24F3N7O2S. The maximum absolute atomic E-state index is 13.5. The fourth-order valence-electron chi connectivity index (χ4n) is 4.40. The Balaban J connectivity index is 1.41. The minimum atomic E-state index is -4.52. The van der Waals surface area contributed by atoms with Crippen molar-refractivity contribution in [2.75, 3.05) is 31.3 Å². The van der Waals surface area contributed by atoms with Crippen molar-refractivity contribution in [1.29, 1.82) is 0 Å². The van der Waals surface area contributed by atoms with Crippen LogP contribution in [0.3, 0.4) is 0 Å². The maximum atomic E-state index is 13.5. The molecule has 4 heterocycles. The molecule has 1 aromatic carbocycles. The lowest BCUT2D eigenvalue weighted by Crippen LogP contribution is -2.17. The molecule has 13 heteroatoms. The van der Waals surface area contributed by atoms with Crippen LogP contribution in [0.4, 0.5) is 24.5 Å². The number of hydrogen-bond donors (Lipinski definition) is 3. The number of aromatic nitrogens is 4. The summed E-state index contributed by atoms with van der Waals surface area (Å²) in [4.78, 5) is 20.5. The van der Waals surface area contributed by atoms with Gasteiger partial charge in [0.2, 0.25) is 0 Å². The third kappa shape index (κ3) is 5.61. The Morgan fingerprint density at radius 3 is 2.90 bits per heavy atom. The summed E-state index contributed by atoms with van der Waals surface area (Å²) in [7, 11) is 3.01. The fourth-order valence-corrected chi connectivity index (χ4v) is 5.05. The number of nitrogens with one attached hydrogen (secondary N) is 3. The first-order valence-corrected chi connectivity index (χ1v) is 12.8. The average Bonchev–Trinajstić information content (AvgIpc) is 3.62. The van der Waals surface area contributed by atoms with Crippen LogP contribution >= 0.6 is 11.8 Å². The predicted molar refractivity (Wildman–Crippen MR) is 142 cm³/mol. The number of alkyl halides is 3. The highest BCUT2D eigenvalue weighted by atomic mass is 32.2. The van der Waals surface area contributed by atoms with E-state index in [4.69, 9.17) is 4.74 Å². The molecule has 4 aromatic rings. The first-order valence-electron chi connectivity index (χ1n) is 11.9. The molecule has 1 aliphatic rings. The zero-order valence-corrected chi connectivity index (χ0v) is 21.8. The lowest BCUT2D eigenvalue weighted by molar-refractivity contribution is -0.0330. The number of carbonyl (C=O) groups is 1. The highest BCUT2D eigenvalue weighted by Gasteiger charge is 2.33. The molecule has 5 rings (SSSR count). The number of amides is 1. The number of rotatable bonds is 7. The van der Waals surface area contributed by atoms with Gasteiger partial charge in [0.05, 0.1) is 49.3 Å².